The molecule has 0 amide bonds. The van der Waals surface area contributed by atoms with Crippen molar-refractivity contribution >= 4 is 0 Å². The summed E-state index contributed by atoms with van der Waals surface area (Å²) in [7, 11) is 0. The molecule has 0 aromatic rings. The molecular formula is C25H44N2. The summed E-state index contributed by atoms with van der Waals surface area (Å²) in [6.45, 7) is 2.30. The maximum absolute atomic E-state index is 8.49. The van der Waals surface area contributed by atoms with Crippen molar-refractivity contribution in [2.24, 2.45) is 0 Å². The predicted octanol–water partition coefficient (Wildman–Crippen LogP) is 8.78. The molecule has 0 saturated heterocycles. The molecule has 0 unspecified atom stereocenters. The molecule has 0 aromatic heterocycles. The van der Waals surface area contributed by atoms with E-state index in [-0.39, 0.29) is 0 Å². The smallest absolute Gasteiger partial charge is 0.0621 e. The zero-order valence-electron chi connectivity index (χ0n) is 18.1. The number of hydrogen-bond acceptors (Lipinski definition) is 2. The Labute approximate surface area is 170 Å². The molecule has 0 aliphatic carbocycles. The van der Waals surface area contributed by atoms with Gasteiger partial charge in [-0.1, -0.05) is 88.7 Å². The monoisotopic (exact) mass is 372 g/mol. The van der Waals surface area contributed by atoms with Crippen LogP contribution in [-0.4, -0.2) is 0 Å². The highest BCUT2D eigenvalue weighted by Gasteiger charge is 1.95. The SMILES string of the molecule is CC(=CCCCCCCCCCCC#N)CCCCCCCCCCC#N. The lowest BCUT2D eigenvalue weighted by Crippen LogP contribution is -1.84. The minimum atomic E-state index is 0.732. The van der Waals surface area contributed by atoms with Gasteiger partial charge >= 0.3 is 0 Å². The lowest BCUT2D eigenvalue weighted by molar-refractivity contribution is 0.567. The highest BCUT2D eigenvalue weighted by atomic mass is 14.2. The maximum atomic E-state index is 8.49. The zero-order chi connectivity index (χ0) is 19.8. The van der Waals surface area contributed by atoms with Crippen molar-refractivity contribution in [3.8, 4) is 12.1 Å². The molecule has 154 valence electrons. The van der Waals surface area contributed by atoms with Gasteiger partial charge in [0.15, 0.2) is 0 Å². The Balaban J connectivity index is 3.25. The fourth-order valence-electron chi connectivity index (χ4n) is 3.53. The Kier molecular flexibility index (Phi) is 21.7. The molecule has 0 aliphatic heterocycles. The summed E-state index contributed by atoms with van der Waals surface area (Å²) in [6.07, 6.45) is 27.4. The second kappa shape index (κ2) is 22.8. The van der Waals surface area contributed by atoms with E-state index >= 15 is 0 Å². The van der Waals surface area contributed by atoms with Crippen LogP contribution in [0.1, 0.15) is 135 Å². The van der Waals surface area contributed by atoms with Gasteiger partial charge in [-0.25, -0.2) is 0 Å². The van der Waals surface area contributed by atoms with Crippen molar-refractivity contribution in [3.63, 3.8) is 0 Å². The lowest BCUT2D eigenvalue weighted by atomic mass is 10.0. The number of allylic oxidation sites excluding steroid dienone is 2. The van der Waals surface area contributed by atoms with E-state index in [1.54, 1.807) is 5.57 Å². The Hall–Kier alpha value is -1.28. The molecule has 0 rings (SSSR count). The van der Waals surface area contributed by atoms with Gasteiger partial charge in [-0.3, -0.25) is 0 Å². The van der Waals surface area contributed by atoms with Crippen LogP contribution in [0.2, 0.25) is 0 Å². The summed E-state index contributed by atoms with van der Waals surface area (Å²) in [5, 5.41) is 17.0. The molecule has 27 heavy (non-hydrogen) atoms. The van der Waals surface area contributed by atoms with Crippen LogP contribution in [0.4, 0.5) is 0 Å². The van der Waals surface area contributed by atoms with Gasteiger partial charge in [0, 0.05) is 12.8 Å². The van der Waals surface area contributed by atoms with Crippen LogP contribution in [0, 0.1) is 22.7 Å². The van der Waals surface area contributed by atoms with Gasteiger partial charge in [-0.05, 0) is 45.4 Å². The fourth-order valence-corrected chi connectivity index (χ4v) is 3.53. The second-order valence-electron chi connectivity index (χ2n) is 8.06. The molecule has 0 aromatic carbocycles. The highest BCUT2D eigenvalue weighted by Crippen LogP contribution is 2.15. The number of nitriles is 2. The summed E-state index contributed by atoms with van der Waals surface area (Å²) in [6, 6.07) is 4.44. The Morgan fingerprint density at radius 2 is 0.926 bits per heavy atom. The van der Waals surface area contributed by atoms with Gasteiger partial charge in [0.1, 0.15) is 0 Å². The topological polar surface area (TPSA) is 47.6 Å². The molecule has 0 atom stereocenters. The first-order valence-electron chi connectivity index (χ1n) is 11.7. The zero-order valence-corrected chi connectivity index (χ0v) is 18.1. The number of hydrogen-bond donors (Lipinski definition) is 0. The van der Waals surface area contributed by atoms with E-state index in [9.17, 15) is 0 Å². The van der Waals surface area contributed by atoms with Crippen LogP contribution < -0.4 is 0 Å². The van der Waals surface area contributed by atoms with Gasteiger partial charge in [-0.15, -0.1) is 0 Å². The molecule has 2 nitrogen and oxygen atoms in total. The minimum absolute atomic E-state index is 0.732. The van der Waals surface area contributed by atoms with Crippen molar-refractivity contribution in [2.45, 2.75) is 135 Å². The second-order valence-corrected chi connectivity index (χ2v) is 8.06. The Morgan fingerprint density at radius 1 is 0.556 bits per heavy atom. The van der Waals surface area contributed by atoms with E-state index in [1.807, 2.05) is 0 Å². The molecule has 2 heteroatoms. The van der Waals surface area contributed by atoms with Gasteiger partial charge in [0.25, 0.3) is 0 Å². The van der Waals surface area contributed by atoms with Gasteiger partial charge in [0.05, 0.1) is 12.1 Å². The largest absolute Gasteiger partial charge is 0.198 e. The molecule has 0 spiro atoms. The van der Waals surface area contributed by atoms with Crippen molar-refractivity contribution in [1.82, 2.24) is 0 Å². The summed E-state index contributed by atoms with van der Waals surface area (Å²) < 4.78 is 0. The van der Waals surface area contributed by atoms with Crippen LogP contribution in [-0.2, 0) is 0 Å². The van der Waals surface area contributed by atoms with E-state index in [1.165, 1.54) is 103 Å². The van der Waals surface area contributed by atoms with Crippen molar-refractivity contribution in [1.29, 1.82) is 10.5 Å². The molecule has 0 bridgehead atoms. The van der Waals surface area contributed by atoms with E-state index in [0.29, 0.717) is 0 Å². The first-order chi connectivity index (χ1) is 13.3. The third kappa shape index (κ3) is 22.7. The number of nitrogens with zero attached hydrogens (tertiary/aromatic N) is 2. The fraction of sp³-hybridized carbons (Fsp3) is 0.840. The first-order valence-corrected chi connectivity index (χ1v) is 11.7. The summed E-state index contributed by atoms with van der Waals surface area (Å²) in [4.78, 5) is 0. The van der Waals surface area contributed by atoms with E-state index in [2.05, 4.69) is 25.1 Å². The molecule has 0 aliphatic rings. The Bertz CT molecular complexity index is 411. The quantitative estimate of drug-likeness (QED) is 0.158. The normalized spacial score (nSPS) is 11.3. The number of rotatable bonds is 20. The average Bonchev–Trinajstić information content (AvgIpc) is 2.67. The van der Waals surface area contributed by atoms with Crippen molar-refractivity contribution < 1.29 is 0 Å². The lowest BCUT2D eigenvalue weighted by Gasteiger charge is -2.04. The van der Waals surface area contributed by atoms with Crippen molar-refractivity contribution in [2.75, 3.05) is 0 Å². The van der Waals surface area contributed by atoms with Gasteiger partial charge < -0.3 is 0 Å². The standard InChI is InChI=1S/C25H44N2/c1-25(22-18-14-10-6-4-8-12-16-20-24-27)21-17-13-9-5-2-3-7-11-15-19-23-26/h21H,2-20,22H2,1H3. The minimum Gasteiger partial charge on any atom is -0.198 e. The number of unbranched alkanes of at least 4 members (excludes halogenated alkanes) is 17. The molecular weight excluding hydrogens is 328 g/mol. The summed E-state index contributed by atoms with van der Waals surface area (Å²) in [5.74, 6) is 0. The van der Waals surface area contributed by atoms with Crippen LogP contribution in [0.5, 0.6) is 0 Å². The Morgan fingerprint density at radius 3 is 1.37 bits per heavy atom. The third-order valence-electron chi connectivity index (χ3n) is 5.35. The van der Waals surface area contributed by atoms with Crippen LogP contribution in [0.25, 0.3) is 0 Å². The molecule has 0 heterocycles. The first kappa shape index (κ1) is 25.7. The molecule has 0 saturated carbocycles. The average molecular weight is 373 g/mol. The predicted molar refractivity (Wildman–Crippen MR) is 117 cm³/mol. The van der Waals surface area contributed by atoms with Gasteiger partial charge in [-0.2, -0.15) is 10.5 Å². The molecule has 0 N–H and O–H groups in total. The van der Waals surface area contributed by atoms with Crippen molar-refractivity contribution in [3.05, 3.63) is 11.6 Å². The maximum Gasteiger partial charge on any atom is 0.0621 e. The highest BCUT2D eigenvalue weighted by molar-refractivity contribution is 4.97. The molecule has 0 fully saturated rings. The van der Waals surface area contributed by atoms with E-state index in [0.717, 1.165) is 25.7 Å². The summed E-state index contributed by atoms with van der Waals surface area (Å²) >= 11 is 0. The third-order valence-corrected chi connectivity index (χ3v) is 5.35. The van der Waals surface area contributed by atoms with Crippen LogP contribution in [0.3, 0.4) is 0 Å². The van der Waals surface area contributed by atoms with Crippen LogP contribution >= 0.6 is 0 Å². The van der Waals surface area contributed by atoms with Gasteiger partial charge in [0.2, 0.25) is 0 Å². The molecule has 0 radical (unpaired) electrons. The van der Waals surface area contributed by atoms with E-state index in [4.69, 9.17) is 10.5 Å². The van der Waals surface area contributed by atoms with E-state index < -0.39 is 0 Å². The summed E-state index contributed by atoms with van der Waals surface area (Å²) in [5.41, 5.74) is 1.59. The van der Waals surface area contributed by atoms with Crippen LogP contribution in [0.15, 0.2) is 11.6 Å².